The second-order valence-electron chi connectivity index (χ2n) is 4.84. The van der Waals surface area contributed by atoms with Crippen LogP contribution in [0.2, 0.25) is 0 Å². The molecule has 0 aliphatic rings. The lowest BCUT2D eigenvalue weighted by molar-refractivity contribution is 0.825. The summed E-state index contributed by atoms with van der Waals surface area (Å²) in [4.78, 5) is 3.34. The molecule has 0 aliphatic heterocycles. The molecule has 0 spiro atoms. The highest BCUT2D eigenvalue weighted by molar-refractivity contribution is 9.10. The number of halogens is 1. The zero-order chi connectivity index (χ0) is 13.1. The maximum atomic E-state index is 3.54. The summed E-state index contributed by atoms with van der Waals surface area (Å²) in [7, 11) is 0. The van der Waals surface area contributed by atoms with Crippen molar-refractivity contribution in [2.75, 3.05) is 0 Å². The fourth-order valence-corrected chi connectivity index (χ4v) is 2.85. The molecule has 0 atom stereocenters. The third kappa shape index (κ3) is 2.90. The van der Waals surface area contributed by atoms with Gasteiger partial charge in [-0.15, -0.1) is 0 Å². The van der Waals surface area contributed by atoms with Crippen molar-refractivity contribution in [2.24, 2.45) is 0 Å². The number of nitrogens with one attached hydrogen (secondary N) is 1. The summed E-state index contributed by atoms with van der Waals surface area (Å²) in [6.07, 6.45) is 5.58. The Morgan fingerprint density at radius 3 is 2.63 bits per heavy atom. The summed E-state index contributed by atoms with van der Waals surface area (Å²) in [5.74, 6) is 0. The highest BCUT2D eigenvalue weighted by Crippen LogP contribution is 2.23. The maximum Gasteiger partial charge on any atom is 0.0457 e. The average Bonchev–Trinajstić information content (AvgIpc) is 2.83. The molecule has 0 radical (unpaired) electrons. The van der Waals surface area contributed by atoms with Gasteiger partial charge in [0, 0.05) is 21.6 Å². The predicted octanol–water partition coefficient (Wildman–Crippen LogP) is 5.11. The van der Waals surface area contributed by atoms with Crippen LogP contribution >= 0.6 is 15.9 Å². The number of aromatic nitrogens is 1. The van der Waals surface area contributed by atoms with Gasteiger partial charge in [-0.1, -0.05) is 46.3 Å². The quantitative estimate of drug-likeness (QED) is 0.689. The molecule has 0 bridgehead atoms. The Labute approximate surface area is 121 Å². The van der Waals surface area contributed by atoms with Crippen LogP contribution in [0.25, 0.3) is 10.9 Å². The Balaban J connectivity index is 1.70. The summed E-state index contributed by atoms with van der Waals surface area (Å²) in [5, 5.41) is 1.34. The number of aromatic amines is 1. The number of H-pyrrole nitrogens is 1. The van der Waals surface area contributed by atoms with Crippen molar-refractivity contribution in [3.05, 3.63) is 70.3 Å². The molecule has 0 saturated carbocycles. The number of aryl methyl sites for hydroxylation is 2. The van der Waals surface area contributed by atoms with Gasteiger partial charge in [0.15, 0.2) is 0 Å². The second-order valence-corrected chi connectivity index (χ2v) is 5.76. The van der Waals surface area contributed by atoms with Crippen molar-refractivity contribution in [1.29, 1.82) is 0 Å². The minimum Gasteiger partial charge on any atom is -0.361 e. The van der Waals surface area contributed by atoms with E-state index in [1.165, 1.54) is 28.5 Å². The van der Waals surface area contributed by atoms with Gasteiger partial charge in [0.05, 0.1) is 0 Å². The summed E-state index contributed by atoms with van der Waals surface area (Å²) in [6.45, 7) is 0. The van der Waals surface area contributed by atoms with E-state index in [0.29, 0.717) is 0 Å². The molecule has 0 aliphatic carbocycles. The number of benzene rings is 2. The first-order valence-electron chi connectivity index (χ1n) is 6.62. The summed E-state index contributed by atoms with van der Waals surface area (Å²) < 4.78 is 1.14. The van der Waals surface area contributed by atoms with Gasteiger partial charge in [-0.3, -0.25) is 0 Å². The monoisotopic (exact) mass is 313 g/mol. The van der Waals surface area contributed by atoms with E-state index in [2.05, 4.69) is 75.6 Å². The Kier molecular flexibility index (Phi) is 3.69. The highest BCUT2D eigenvalue weighted by atomic mass is 79.9. The van der Waals surface area contributed by atoms with Crippen LogP contribution < -0.4 is 0 Å². The molecule has 0 fully saturated rings. The minimum absolute atomic E-state index is 1.12. The molecule has 3 rings (SSSR count). The Morgan fingerprint density at radius 1 is 0.947 bits per heavy atom. The van der Waals surface area contributed by atoms with E-state index < -0.39 is 0 Å². The van der Waals surface area contributed by atoms with Gasteiger partial charge in [-0.05, 0) is 48.6 Å². The van der Waals surface area contributed by atoms with E-state index in [1.807, 2.05) is 0 Å². The first kappa shape index (κ1) is 12.5. The Hall–Kier alpha value is -1.54. The molecule has 0 amide bonds. The van der Waals surface area contributed by atoms with E-state index in [1.54, 1.807) is 0 Å². The first-order valence-corrected chi connectivity index (χ1v) is 7.42. The van der Waals surface area contributed by atoms with Crippen LogP contribution in [-0.2, 0) is 12.8 Å². The van der Waals surface area contributed by atoms with Crippen molar-refractivity contribution < 1.29 is 0 Å². The van der Waals surface area contributed by atoms with Crippen molar-refractivity contribution >= 4 is 26.8 Å². The number of fused-ring (bicyclic) bond motifs is 1. The number of rotatable bonds is 4. The van der Waals surface area contributed by atoms with Crippen LogP contribution in [0.15, 0.2) is 59.2 Å². The van der Waals surface area contributed by atoms with E-state index in [9.17, 15) is 0 Å². The van der Waals surface area contributed by atoms with Crippen LogP contribution in [0.1, 0.15) is 17.5 Å². The van der Waals surface area contributed by atoms with Gasteiger partial charge in [0.25, 0.3) is 0 Å². The minimum atomic E-state index is 1.12. The largest absolute Gasteiger partial charge is 0.361 e. The normalized spacial score (nSPS) is 11.0. The molecule has 0 unspecified atom stereocenters. The number of hydrogen-bond donors (Lipinski definition) is 1. The van der Waals surface area contributed by atoms with E-state index in [4.69, 9.17) is 0 Å². The van der Waals surface area contributed by atoms with Crippen molar-refractivity contribution in [2.45, 2.75) is 19.3 Å². The standard InChI is InChI=1S/C17H16BrN/c18-15-9-10-17-16(11-15)14(12-19-17)8-4-7-13-5-2-1-3-6-13/h1-3,5-6,9-12,19H,4,7-8H2. The third-order valence-corrected chi connectivity index (χ3v) is 3.98. The van der Waals surface area contributed by atoms with Gasteiger partial charge >= 0.3 is 0 Å². The molecule has 0 saturated heterocycles. The molecule has 96 valence electrons. The zero-order valence-corrected chi connectivity index (χ0v) is 12.3. The molecule has 1 aromatic heterocycles. The van der Waals surface area contributed by atoms with Crippen molar-refractivity contribution in [3.63, 3.8) is 0 Å². The average molecular weight is 314 g/mol. The molecular weight excluding hydrogens is 298 g/mol. The second kappa shape index (κ2) is 5.62. The van der Waals surface area contributed by atoms with Gasteiger partial charge in [0.2, 0.25) is 0 Å². The van der Waals surface area contributed by atoms with Crippen LogP contribution in [0.4, 0.5) is 0 Å². The van der Waals surface area contributed by atoms with Crippen LogP contribution in [0.5, 0.6) is 0 Å². The topological polar surface area (TPSA) is 15.8 Å². The maximum absolute atomic E-state index is 3.54. The molecule has 1 nitrogen and oxygen atoms in total. The first-order chi connectivity index (χ1) is 9.33. The van der Waals surface area contributed by atoms with Crippen molar-refractivity contribution in [3.8, 4) is 0 Å². The molecular formula is C17H16BrN. The molecule has 2 heteroatoms. The lowest BCUT2D eigenvalue weighted by Crippen LogP contribution is -1.89. The fraction of sp³-hybridized carbons (Fsp3) is 0.176. The van der Waals surface area contributed by atoms with Crippen LogP contribution in [0.3, 0.4) is 0 Å². The van der Waals surface area contributed by atoms with Crippen molar-refractivity contribution in [1.82, 2.24) is 4.98 Å². The molecule has 1 heterocycles. The Bertz CT molecular complexity index is 670. The predicted molar refractivity (Wildman–Crippen MR) is 84.5 cm³/mol. The Morgan fingerprint density at radius 2 is 1.79 bits per heavy atom. The summed E-state index contributed by atoms with van der Waals surface area (Å²) >= 11 is 3.54. The molecule has 3 aromatic rings. The summed E-state index contributed by atoms with van der Waals surface area (Å²) in [5.41, 5.74) is 4.05. The van der Waals surface area contributed by atoms with Gasteiger partial charge < -0.3 is 4.98 Å². The molecule has 1 N–H and O–H groups in total. The van der Waals surface area contributed by atoms with Gasteiger partial charge in [-0.2, -0.15) is 0 Å². The van der Waals surface area contributed by atoms with E-state index in [-0.39, 0.29) is 0 Å². The van der Waals surface area contributed by atoms with E-state index >= 15 is 0 Å². The lowest BCUT2D eigenvalue weighted by atomic mass is 10.0. The number of hydrogen-bond acceptors (Lipinski definition) is 0. The molecule has 19 heavy (non-hydrogen) atoms. The van der Waals surface area contributed by atoms with Crippen LogP contribution in [0, 0.1) is 0 Å². The smallest absolute Gasteiger partial charge is 0.0457 e. The molecule has 2 aromatic carbocycles. The SMILES string of the molecule is Brc1ccc2[nH]cc(CCCc3ccccc3)c2c1. The van der Waals surface area contributed by atoms with Gasteiger partial charge in [0.1, 0.15) is 0 Å². The van der Waals surface area contributed by atoms with Crippen LogP contribution in [-0.4, -0.2) is 4.98 Å². The lowest BCUT2D eigenvalue weighted by Gasteiger charge is -2.01. The zero-order valence-electron chi connectivity index (χ0n) is 10.7. The van der Waals surface area contributed by atoms with E-state index in [0.717, 1.165) is 17.3 Å². The van der Waals surface area contributed by atoms with Gasteiger partial charge in [-0.25, -0.2) is 0 Å². The third-order valence-electron chi connectivity index (χ3n) is 3.48. The highest BCUT2D eigenvalue weighted by Gasteiger charge is 2.04. The summed E-state index contributed by atoms with van der Waals surface area (Å²) in [6, 6.07) is 17.1. The fourth-order valence-electron chi connectivity index (χ4n) is 2.49.